The Bertz CT molecular complexity index is 1280. The molecule has 0 aliphatic heterocycles. The molecule has 0 radical (unpaired) electrons. The van der Waals surface area contributed by atoms with Crippen LogP contribution in [0.4, 0.5) is 0 Å². The fourth-order valence-electron chi connectivity index (χ4n) is 4.05. The average Bonchev–Trinajstić information content (AvgIpc) is 3.28. The molecule has 1 aromatic heterocycles. The average molecular weight is 467 g/mol. The van der Waals surface area contributed by atoms with Gasteiger partial charge in [-0.3, -0.25) is 9.59 Å². The van der Waals surface area contributed by atoms with Crippen LogP contribution < -0.4 is 5.32 Å². The maximum atomic E-state index is 13.3. The second-order valence-corrected chi connectivity index (χ2v) is 8.77. The van der Waals surface area contributed by atoms with Crippen molar-refractivity contribution in [3.05, 3.63) is 108 Å². The predicted molar refractivity (Wildman–Crippen MR) is 138 cm³/mol. The van der Waals surface area contributed by atoms with E-state index in [1.165, 1.54) is 6.92 Å². The Morgan fingerprint density at radius 3 is 2.20 bits per heavy atom. The molecule has 4 rings (SSSR count). The summed E-state index contributed by atoms with van der Waals surface area (Å²) in [6.07, 6.45) is 2.15. The standard InChI is InChI=1S/C29H30N4O2/c1-21-14-16-23(17-15-21)27(30-22(2)34)18-28(35)32(3)19-25-20-33(26-12-8-5-9-13-26)31-29(25)24-10-6-4-7-11-24/h4-17,20,27H,18-19H2,1-3H3,(H,30,34). The molecular formula is C29H30N4O2. The Kier molecular flexibility index (Phi) is 7.41. The topological polar surface area (TPSA) is 67.2 Å². The zero-order valence-electron chi connectivity index (χ0n) is 20.3. The lowest BCUT2D eigenvalue weighted by Crippen LogP contribution is -2.33. The molecule has 0 aliphatic carbocycles. The van der Waals surface area contributed by atoms with E-state index in [2.05, 4.69) is 5.32 Å². The number of hydrogen-bond donors (Lipinski definition) is 1. The van der Waals surface area contributed by atoms with Gasteiger partial charge in [-0.1, -0.05) is 78.4 Å². The summed E-state index contributed by atoms with van der Waals surface area (Å²) in [4.78, 5) is 26.8. The van der Waals surface area contributed by atoms with Crippen LogP contribution in [0.2, 0.25) is 0 Å². The van der Waals surface area contributed by atoms with Crippen molar-refractivity contribution in [2.75, 3.05) is 7.05 Å². The Morgan fingerprint density at radius 2 is 1.57 bits per heavy atom. The van der Waals surface area contributed by atoms with Gasteiger partial charge in [0.2, 0.25) is 11.8 Å². The Morgan fingerprint density at radius 1 is 0.943 bits per heavy atom. The number of carbonyl (C=O) groups excluding carboxylic acids is 2. The molecule has 0 aliphatic rings. The lowest BCUT2D eigenvalue weighted by Gasteiger charge is -2.23. The number of para-hydroxylation sites is 1. The SMILES string of the molecule is CC(=O)NC(CC(=O)N(C)Cc1cn(-c2ccccc2)nc1-c1ccccc1)c1ccc(C)cc1. The molecule has 3 aromatic carbocycles. The van der Waals surface area contributed by atoms with Gasteiger partial charge in [0.05, 0.1) is 23.8 Å². The zero-order chi connectivity index (χ0) is 24.8. The smallest absolute Gasteiger partial charge is 0.225 e. The van der Waals surface area contributed by atoms with Gasteiger partial charge in [0, 0.05) is 37.8 Å². The van der Waals surface area contributed by atoms with Crippen LogP contribution in [-0.2, 0) is 16.1 Å². The highest BCUT2D eigenvalue weighted by atomic mass is 16.2. The molecule has 35 heavy (non-hydrogen) atoms. The van der Waals surface area contributed by atoms with Crippen LogP contribution in [0.1, 0.15) is 36.1 Å². The van der Waals surface area contributed by atoms with Crippen LogP contribution in [-0.4, -0.2) is 33.5 Å². The number of hydrogen-bond acceptors (Lipinski definition) is 3. The van der Waals surface area contributed by atoms with Crippen LogP contribution >= 0.6 is 0 Å². The molecule has 1 N–H and O–H groups in total. The normalized spacial score (nSPS) is 11.6. The molecular weight excluding hydrogens is 436 g/mol. The van der Waals surface area contributed by atoms with E-state index >= 15 is 0 Å². The molecule has 1 atom stereocenters. The second-order valence-electron chi connectivity index (χ2n) is 8.77. The van der Waals surface area contributed by atoms with E-state index in [0.29, 0.717) is 6.54 Å². The molecule has 0 spiro atoms. The third kappa shape index (κ3) is 6.03. The van der Waals surface area contributed by atoms with E-state index in [0.717, 1.165) is 33.6 Å². The fraction of sp³-hybridized carbons (Fsp3) is 0.207. The summed E-state index contributed by atoms with van der Waals surface area (Å²) in [7, 11) is 1.79. The highest BCUT2D eigenvalue weighted by molar-refractivity contribution is 5.79. The van der Waals surface area contributed by atoms with Gasteiger partial charge in [-0.15, -0.1) is 0 Å². The highest BCUT2D eigenvalue weighted by Gasteiger charge is 2.22. The summed E-state index contributed by atoms with van der Waals surface area (Å²) in [5, 5.41) is 7.77. The predicted octanol–water partition coefficient (Wildman–Crippen LogP) is 5.07. The summed E-state index contributed by atoms with van der Waals surface area (Å²) in [6.45, 7) is 3.88. The number of nitrogens with zero attached hydrogens (tertiary/aromatic N) is 3. The molecule has 1 heterocycles. The number of carbonyl (C=O) groups is 2. The van der Waals surface area contributed by atoms with E-state index in [1.807, 2.05) is 103 Å². The van der Waals surface area contributed by atoms with Gasteiger partial charge in [0.1, 0.15) is 0 Å². The quantitative estimate of drug-likeness (QED) is 0.394. The number of aryl methyl sites for hydroxylation is 1. The van der Waals surface area contributed by atoms with Crippen molar-refractivity contribution in [1.82, 2.24) is 20.0 Å². The van der Waals surface area contributed by atoms with E-state index in [4.69, 9.17) is 5.10 Å². The second kappa shape index (κ2) is 10.8. The van der Waals surface area contributed by atoms with Crippen molar-refractivity contribution in [3.63, 3.8) is 0 Å². The maximum absolute atomic E-state index is 13.3. The van der Waals surface area contributed by atoms with Crippen molar-refractivity contribution in [2.24, 2.45) is 0 Å². The number of aromatic nitrogens is 2. The summed E-state index contributed by atoms with van der Waals surface area (Å²) in [6, 6.07) is 27.4. The van der Waals surface area contributed by atoms with Gasteiger partial charge >= 0.3 is 0 Å². The van der Waals surface area contributed by atoms with Crippen LogP contribution in [0.25, 0.3) is 16.9 Å². The Balaban J connectivity index is 1.57. The molecule has 1 unspecified atom stereocenters. The molecule has 0 saturated heterocycles. The molecule has 6 nitrogen and oxygen atoms in total. The van der Waals surface area contributed by atoms with Crippen molar-refractivity contribution in [2.45, 2.75) is 32.9 Å². The zero-order valence-corrected chi connectivity index (χ0v) is 20.3. The number of rotatable bonds is 8. The summed E-state index contributed by atoms with van der Waals surface area (Å²) < 4.78 is 1.85. The number of benzene rings is 3. The summed E-state index contributed by atoms with van der Waals surface area (Å²) in [5.74, 6) is -0.225. The number of nitrogens with one attached hydrogen (secondary N) is 1. The minimum absolute atomic E-state index is 0.0594. The van der Waals surface area contributed by atoms with Crippen molar-refractivity contribution < 1.29 is 9.59 Å². The minimum Gasteiger partial charge on any atom is -0.349 e. The molecule has 178 valence electrons. The Hall–Kier alpha value is -4.19. The van der Waals surface area contributed by atoms with Crippen LogP contribution in [0, 0.1) is 6.92 Å². The molecule has 0 saturated carbocycles. The van der Waals surface area contributed by atoms with E-state index in [9.17, 15) is 9.59 Å². The largest absolute Gasteiger partial charge is 0.349 e. The summed E-state index contributed by atoms with van der Waals surface area (Å²) >= 11 is 0. The molecule has 0 bridgehead atoms. The fourth-order valence-corrected chi connectivity index (χ4v) is 4.05. The third-order valence-corrected chi connectivity index (χ3v) is 5.93. The number of amides is 2. The van der Waals surface area contributed by atoms with Crippen LogP contribution in [0.3, 0.4) is 0 Å². The first-order chi connectivity index (χ1) is 16.9. The monoisotopic (exact) mass is 466 g/mol. The van der Waals surface area contributed by atoms with Gasteiger partial charge in [0.15, 0.2) is 0 Å². The third-order valence-electron chi connectivity index (χ3n) is 5.93. The van der Waals surface area contributed by atoms with Gasteiger partial charge in [-0.2, -0.15) is 5.10 Å². The molecule has 0 fully saturated rings. The summed E-state index contributed by atoms with van der Waals surface area (Å²) in [5.41, 5.74) is 5.77. The van der Waals surface area contributed by atoms with Crippen molar-refractivity contribution in [1.29, 1.82) is 0 Å². The van der Waals surface area contributed by atoms with Gasteiger partial charge < -0.3 is 10.2 Å². The Labute approximate surface area is 206 Å². The van der Waals surface area contributed by atoms with Gasteiger partial charge in [-0.25, -0.2) is 4.68 Å². The first-order valence-corrected chi connectivity index (χ1v) is 11.7. The molecule has 2 amide bonds. The van der Waals surface area contributed by atoms with Crippen LogP contribution in [0.5, 0.6) is 0 Å². The van der Waals surface area contributed by atoms with E-state index in [-0.39, 0.29) is 24.3 Å². The minimum atomic E-state index is -0.385. The molecule has 4 aromatic rings. The van der Waals surface area contributed by atoms with Gasteiger partial charge in [0.25, 0.3) is 0 Å². The highest BCUT2D eigenvalue weighted by Crippen LogP contribution is 2.26. The maximum Gasteiger partial charge on any atom is 0.225 e. The van der Waals surface area contributed by atoms with Crippen LogP contribution in [0.15, 0.2) is 91.1 Å². The van der Waals surface area contributed by atoms with E-state index in [1.54, 1.807) is 11.9 Å². The first-order valence-electron chi connectivity index (χ1n) is 11.7. The van der Waals surface area contributed by atoms with Crippen molar-refractivity contribution in [3.8, 4) is 16.9 Å². The lowest BCUT2D eigenvalue weighted by atomic mass is 10.0. The van der Waals surface area contributed by atoms with E-state index < -0.39 is 0 Å². The lowest BCUT2D eigenvalue weighted by molar-refractivity contribution is -0.131. The molecule has 6 heteroatoms. The van der Waals surface area contributed by atoms with Crippen molar-refractivity contribution >= 4 is 11.8 Å². The first kappa shape index (κ1) is 24.0. The van der Waals surface area contributed by atoms with Gasteiger partial charge in [-0.05, 0) is 24.6 Å².